The van der Waals surface area contributed by atoms with Gasteiger partial charge in [-0.2, -0.15) is 0 Å². The predicted octanol–water partition coefficient (Wildman–Crippen LogP) is 4.43. The maximum absolute atomic E-state index is 12.1. The summed E-state index contributed by atoms with van der Waals surface area (Å²) in [4.78, 5) is 29.2. The summed E-state index contributed by atoms with van der Waals surface area (Å²) in [6, 6.07) is 10.2. The van der Waals surface area contributed by atoms with Crippen molar-refractivity contribution in [2.75, 3.05) is 10.6 Å². The van der Waals surface area contributed by atoms with Gasteiger partial charge in [0.15, 0.2) is 5.13 Å². The fraction of sp³-hybridized carbons (Fsp3) is 0.0625. The Kier molecular flexibility index (Phi) is 5.64. The van der Waals surface area contributed by atoms with Crippen molar-refractivity contribution in [1.82, 2.24) is 10.3 Å². The van der Waals surface area contributed by atoms with Crippen LogP contribution in [-0.4, -0.2) is 16.9 Å². The van der Waals surface area contributed by atoms with E-state index in [4.69, 9.17) is 11.6 Å². The van der Waals surface area contributed by atoms with Gasteiger partial charge >= 0.3 is 6.03 Å². The van der Waals surface area contributed by atoms with Crippen LogP contribution in [0, 0.1) is 0 Å². The molecule has 0 saturated heterocycles. The number of hydrogen-bond donors (Lipinski definition) is 3. The van der Waals surface area contributed by atoms with Crippen LogP contribution in [0.25, 0.3) is 0 Å². The molecular formula is C16H13ClN4O2S2. The molecule has 6 nitrogen and oxygen atoms in total. The Morgan fingerprint density at radius 2 is 1.88 bits per heavy atom. The third-order valence-corrected chi connectivity index (χ3v) is 4.95. The van der Waals surface area contributed by atoms with Crippen molar-refractivity contribution in [3.63, 3.8) is 0 Å². The number of aromatic nitrogens is 1. The van der Waals surface area contributed by atoms with Gasteiger partial charge < -0.3 is 10.6 Å². The van der Waals surface area contributed by atoms with Crippen molar-refractivity contribution >= 4 is 57.0 Å². The highest BCUT2D eigenvalue weighted by molar-refractivity contribution is 7.14. The first kappa shape index (κ1) is 17.4. The summed E-state index contributed by atoms with van der Waals surface area (Å²) in [6.07, 6.45) is 0. The number of nitrogens with zero attached hydrogens (tertiary/aromatic N) is 1. The van der Waals surface area contributed by atoms with Crippen LogP contribution in [0.3, 0.4) is 0 Å². The molecule has 9 heteroatoms. The summed E-state index contributed by atoms with van der Waals surface area (Å²) in [5.41, 5.74) is 0.871. The second-order valence-electron chi connectivity index (χ2n) is 4.89. The smallest absolute Gasteiger partial charge is 0.325 e. The van der Waals surface area contributed by atoms with Gasteiger partial charge in [0.25, 0.3) is 5.91 Å². The minimum absolute atomic E-state index is 0.267. The second kappa shape index (κ2) is 8.11. The molecule has 2 heterocycles. The highest BCUT2D eigenvalue weighted by Gasteiger charge is 2.12. The average molecular weight is 393 g/mol. The molecule has 0 aliphatic rings. The van der Waals surface area contributed by atoms with E-state index in [-0.39, 0.29) is 11.6 Å². The van der Waals surface area contributed by atoms with Gasteiger partial charge in [-0.25, -0.2) is 9.78 Å². The molecule has 0 aliphatic heterocycles. The van der Waals surface area contributed by atoms with Gasteiger partial charge in [0, 0.05) is 21.0 Å². The molecule has 0 spiro atoms. The van der Waals surface area contributed by atoms with Gasteiger partial charge in [-0.05, 0) is 35.7 Å². The molecule has 2 aromatic heterocycles. The standard InChI is InChI=1S/C16H13ClN4O2S2/c17-10-3-5-11(6-4-10)19-15(23)21-16-20-13(9-25-16)14(22)18-8-12-2-1-7-24-12/h1-7,9H,8H2,(H,18,22)(H2,19,20,21,23). The lowest BCUT2D eigenvalue weighted by atomic mass is 10.3. The normalized spacial score (nSPS) is 10.3. The molecule has 1 aromatic carbocycles. The number of urea groups is 1. The van der Waals surface area contributed by atoms with Crippen LogP contribution < -0.4 is 16.0 Å². The molecule has 0 radical (unpaired) electrons. The van der Waals surface area contributed by atoms with E-state index in [9.17, 15) is 9.59 Å². The predicted molar refractivity (Wildman–Crippen MR) is 102 cm³/mol. The monoisotopic (exact) mass is 392 g/mol. The molecule has 3 aromatic rings. The Morgan fingerprint density at radius 1 is 1.08 bits per heavy atom. The number of nitrogens with one attached hydrogen (secondary N) is 3. The summed E-state index contributed by atoms with van der Waals surface area (Å²) < 4.78 is 0. The zero-order valence-corrected chi connectivity index (χ0v) is 15.2. The fourth-order valence-electron chi connectivity index (χ4n) is 1.90. The van der Waals surface area contributed by atoms with Crippen molar-refractivity contribution < 1.29 is 9.59 Å². The third-order valence-electron chi connectivity index (χ3n) is 3.06. The summed E-state index contributed by atoms with van der Waals surface area (Å²) >= 11 is 8.54. The van der Waals surface area contributed by atoms with Crippen LogP contribution in [0.5, 0.6) is 0 Å². The number of thiazole rings is 1. The SMILES string of the molecule is O=C(Nc1ccc(Cl)cc1)Nc1nc(C(=O)NCc2cccs2)cs1. The van der Waals surface area contributed by atoms with Gasteiger partial charge in [0.1, 0.15) is 5.69 Å². The molecular weight excluding hydrogens is 380 g/mol. The Morgan fingerprint density at radius 3 is 2.60 bits per heavy atom. The first-order chi connectivity index (χ1) is 12.1. The van der Waals surface area contributed by atoms with Crippen molar-refractivity contribution in [3.8, 4) is 0 Å². The Balaban J connectivity index is 1.52. The fourth-order valence-corrected chi connectivity index (χ4v) is 3.36. The van der Waals surface area contributed by atoms with E-state index >= 15 is 0 Å². The van der Waals surface area contributed by atoms with Gasteiger partial charge in [-0.3, -0.25) is 10.1 Å². The lowest BCUT2D eigenvalue weighted by Gasteiger charge is -2.05. The van der Waals surface area contributed by atoms with Crippen LogP contribution in [0.15, 0.2) is 47.2 Å². The third kappa shape index (κ3) is 5.02. The molecule has 0 atom stereocenters. The van der Waals surface area contributed by atoms with Crippen molar-refractivity contribution in [2.45, 2.75) is 6.54 Å². The number of thiophene rings is 1. The zero-order valence-electron chi connectivity index (χ0n) is 12.8. The van der Waals surface area contributed by atoms with Gasteiger partial charge in [-0.15, -0.1) is 22.7 Å². The molecule has 3 amide bonds. The van der Waals surface area contributed by atoms with E-state index in [0.717, 1.165) is 4.88 Å². The Bertz CT molecular complexity index is 863. The zero-order chi connectivity index (χ0) is 17.6. The number of amides is 3. The number of hydrogen-bond acceptors (Lipinski definition) is 5. The quantitative estimate of drug-likeness (QED) is 0.600. The molecule has 0 fully saturated rings. The van der Waals surface area contributed by atoms with Crippen molar-refractivity contribution in [1.29, 1.82) is 0 Å². The van der Waals surface area contributed by atoms with E-state index in [0.29, 0.717) is 22.4 Å². The number of carbonyl (C=O) groups is 2. The van der Waals surface area contributed by atoms with Gasteiger partial charge in [-0.1, -0.05) is 17.7 Å². The van der Waals surface area contributed by atoms with Crippen molar-refractivity contribution in [2.24, 2.45) is 0 Å². The second-order valence-corrected chi connectivity index (χ2v) is 7.21. The van der Waals surface area contributed by atoms with Crippen LogP contribution in [0.2, 0.25) is 5.02 Å². The molecule has 0 unspecified atom stereocenters. The molecule has 0 aliphatic carbocycles. The molecule has 25 heavy (non-hydrogen) atoms. The van der Waals surface area contributed by atoms with E-state index in [1.807, 2.05) is 17.5 Å². The Labute approximate surface area is 156 Å². The number of rotatable bonds is 5. The van der Waals surface area contributed by atoms with Crippen LogP contribution in [0.4, 0.5) is 15.6 Å². The average Bonchev–Trinajstić information content (AvgIpc) is 3.26. The lowest BCUT2D eigenvalue weighted by molar-refractivity contribution is 0.0947. The molecule has 3 rings (SSSR count). The van der Waals surface area contributed by atoms with Crippen LogP contribution in [0.1, 0.15) is 15.4 Å². The largest absolute Gasteiger partial charge is 0.346 e. The van der Waals surface area contributed by atoms with E-state index in [2.05, 4.69) is 20.9 Å². The first-order valence-corrected chi connectivity index (χ1v) is 9.33. The summed E-state index contributed by atoms with van der Waals surface area (Å²) in [6.45, 7) is 0.452. The highest BCUT2D eigenvalue weighted by Crippen LogP contribution is 2.17. The van der Waals surface area contributed by atoms with Gasteiger partial charge in [0.2, 0.25) is 0 Å². The van der Waals surface area contributed by atoms with E-state index < -0.39 is 6.03 Å². The summed E-state index contributed by atoms with van der Waals surface area (Å²) in [5, 5.41) is 12.5. The number of halogens is 1. The van der Waals surface area contributed by atoms with Crippen LogP contribution in [-0.2, 0) is 6.54 Å². The van der Waals surface area contributed by atoms with Gasteiger partial charge in [0.05, 0.1) is 6.54 Å². The van der Waals surface area contributed by atoms with E-state index in [1.165, 1.54) is 11.3 Å². The highest BCUT2D eigenvalue weighted by atomic mass is 35.5. The maximum atomic E-state index is 12.1. The topological polar surface area (TPSA) is 83.1 Å². The minimum Gasteiger partial charge on any atom is -0.346 e. The molecule has 128 valence electrons. The molecule has 0 bridgehead atoms. The van der Waals surface area contributed by atoms with Crippen molar-refractivity contribution in [3.05, 3.63) is 62.8 Å². The maximum Gasteiger partial charge on any atom is 0.325 e. The first-order valence-electron chi connectivity index (χ1n) is 7.20. The number of benzene rings is 1. The Hall–Kier alpha value is -2.42. The summed E-state index contributed by atoms with van der Waals surface area (Å²) in [5.74, 6) is -0.282. The molecule has 3 N–H and O–H groups in total. The number of anilines is 2. The molecule has 0 saturated carbocycles. The summed E-state index contributed by atoms with van der Waals surface area (Å²) in [7, 11) is 0. The van der Waals surface area contributed by atoms with E-state index in [1.54, 1.807) is 41.0 Å². The number of carbonyl (C=O) groups excluding carboxylic acids is 2. The lowest BCUT2D eigenvalue weighted by Crippen LogP contribution is -2.23. The van der Waals surface area contributed by atoms with Crippen LogP contribution >= 0.6 is 34.3 Å². The minimum atomic E-state index is -0.442.